The zero-order valence-corrected chi connectivity index (χ0v) is 7.79. The quantitative estimate of drug-likeness (QED) is 0.658. The van der Waals surface area contributed by atoms with Crippen molar-refractivity contribution in [1.82, 2.24) is 0 Å². The number of hydrogen-bond donors (Lipinski definition) is 2. The maximum Gasteiger partial charge on any atom is 0.320 e. The minimum Gasteiger partial charge on any atom is -0.480 e. The lowest BCUT2D eigenvalue weighted by molar-refractivity contribution is -0.138. The molecule has 0 aliphatic heterocycles. The molecule has 0 aliphatic rings. The van der Waals surface area contributed by atoms with Crippen molar-refractivity contribution >= 4 is 5.97 Å². The lowest BCUT2D eigenvalue weighted by Crippen LogP contribution is -2.31. The predicted octanol–water partition coefficient (Wildman–Crippen LogP) is 1.47. The van der Waals surface area contributed by atoms with Crippen molar-refractivity contribution in [3.05, 3.63) is 0 Å². The van der Waals surface area contributed by atoms with Crippen LogP contribution in [-0.2, 0) is 4.79 Å². The van der Waals surface area contributed by atoms with Crippen LogP contribution in [0.2, 0.25) is 0 Å². The second-order valence-corrected chi connectivity index (χ2v) is 2.57. The zero-order valence-electron chi connectivity index (χ0n) is 7.79. The maximum atomic E-state index is 10.1. The molecule has 0 aromatic rings. The van der Waals surface area contributed by atoms with Gasteiger partial charge in [-0.3, -0.25) is 4.79 Å². The van der Waals surface area contributed by atoms with E-state index in [-0.39, 0.29) is 0 Å². The van der Waals surface area contributed by atoms with Crippen LogP contribution in [0.25, 0.3) is 0 Å². The first-order valence-electron chi connectivity index (χ1n) is 4.02. The number of carboxylic acids is 1. The summed E-state index contributed by atoms with van der Waals surface area (Å²) in [5.41, 5.74) is 5.22. The molecule has 68 valence electrons. The Bertz CT molecular complexity index is 102. The van der Waals surface area contributed by atoms with E-state index in [1.54, 1.807) is 0 Å². The molecule has 3 N–H and O–H groups in total. The van der Waals surface area contributed by atoms with Gasteiger partial charge in [0.15, 0.2) is 0 Å². The van der Waals surface area contributed by atoms with E-state index in [4.69, 9.17) is 10.8 Å². The van der Waals surface area contributed by atoms with Crippen LogP contribution >= 0.6 is 0 Å². The average molecular weight is 161 g/mol. The van der Waals surface area contributed by atoms with Crippen LogP contribution < -0.4 is 5.73 Å². The number of carboxylic acid groups (broad SMARTS) is 1. The SMILES string of the molecule is CC.CC(C)CC(N)C(=O)O. The van der Waals surface area contributed by atoms with Gasteiger partial charge in [-0.1, -0.05) is 27.7 Å². The molecule has 0 rings (SSSR count). The minimum absolute atomic E-state index is 0.357. The number of rotatable bonds is 3. The zero-order chi connectivity index (χ0) is 9.44. The van der Waals surface area contributed by atoms with Crippen molar-refractivity contribution in [3.63, 3.8) is 0 Å². The Morgan fingerprint density at radius 1 is 1.45 bits per heavy atom. The second kappa shape index (κ2) is 7.54. The van der Waals surface area contributed by atoms with Crippen molar-refractivity contribution in [1.29, 1.82) is 0 Å². The highest BCUT2D eigenvalue weighted by molar-refractivity contribution is 5.72. The Morgan fingerprint density at radius 2 is 1.82 bits per heavy atom. The molecule has 3 nitrogen and oxygen atoms in total. The molecule has 1 unspecified atom stereocenters. The highest BCUT2D eigenvalue weighted by atomic mass is 16.4. The smallest absolute Gasteiger partial charge is 0.320 e. The summed E-state index contributed by atoms with van der Waals surface area (Å²) >= 11 is 0. The predicted molar refractivity (Wildman–Crippen MR) is 46.4 cm³/mol. The van der Waals surface area contributed by atoms with Crippen LogP contribution in [0.15, 0.2) is 0 Å². The first-order chi connectivity index (χ1) is 5.04. The van der Waals surface area contributed by atoms with E-state index in [0.717, 1.165) is 0 Å². The Balaban J connectivity index is 0. The van der Waals surface area contributed by atoms with Crippen molar-refractivity contribution in [2.45, 2.75) is 40.2 Å². The Labute approximate surface area is 68.6 Å². The molecule has 0 aliphatic carbocycles. The molecular formula is C8H19NO2. The number of carbonyl (C=O) groups is 1. The van der Waals surface area contributed by atoms with Gasteiger partial charge in [0.05, 0.1) is 0 Å². The summed E-state index contributed by atoms with van der Waals surface area (Å²) in [6, 6.07) is -0.690. The van der Waals surface area contributed by atoms with E-state index >= 15 is 0 Å². The molecule has 0 spiro atoms. The first kappa shape index (κ1) is 13.1. The van der Waals surface area contributed by atoms with E-state index in [1.807, 2.05) is 27.7 Å². The van der Waals surface area contributed by atoms with Gasteiger partial charge in [-0.05, 0) is 12.3 Å². The van der Waals surface area contributed by atoms with E-state index in [9.17, 15) is 4.79 Å². The molecule has 0 fully saturated rings. The van der Waals surface area contributed by atoms with Gasteiger partial charge in [-0.25, -0.2) is 0 Å². The van der Waals surface area contributed by atoms with Crippen LogP contribution in [0, 0.1) is 5.92 Å². The highest BCUT2D eigenvalue weighted by Crippen LogP contribution is 2.01. The van der Waals surface area contributed by atoms with Gasteiger partial charge in [-0.15, -0.1) is 0 Å². The van der Waals surface area contributed by atoms with Gasteiger partial charge in [0.1, 0.15) is 6.04 Å². The molecule has 1 atom stereocenters. The van der Waals surface area contributed by atoms with Crippen LogP contribution in [0.3, 0.4) is 0 Å². The largest absolute Gasteiger partial charge is 0.480 e. The molecule has 0 saturated carbocycles. The summed E-state index contributed by atoms with van der Waals surface area (Å²) in [5.74, 6) is -0.556. The van der Waals surface area contributed by atoms with Crippen molar-refractivity contribution in [2.75, 3.05) is 0 Å². The van der Waals surface area contributed by atoms with Crippen molar-refractivity contribution < 1.29 is 9.90 Å². The van der Waals surface area contributed by atoms with Crippen LogP contribution in [0.5, 0.6) is 0 Å². The molecule has 11 heavy (non-hydrogen) atoms. The Morgan fingerprint density at radius 3 is 1.91 bits per heavy atom. The minimum atomic E-state index is -0.913. The fourth-order valence-electron chi connectivity index (χ4n) is 0.609. The molecule has 0 saturated heterocycles. The summed E-state index contributed by atoms with van der Waals surface area (Å²) < 4.78 is 0. The third kappa shape index (κ3) is 9.43. The van der Waals surface area contributed by atoms with E-state index in [0.29, 0.717) is 12.3 Å². The summed E-state index contributed by atoms with van der Waals surface area (Å²) in [7, 11) is 0. The van der Waals surface area contributed by atoms with Crippen LogP contribution in [0.1, 0.15) is 34.1 Å². The molecule has 3 heteroatoms. The van der Waals surface area contributed by atoms with Gasteiger partial charge in [0, 0.05) is 0 Å². The lowest BCUT2D eigenvalue weighted by atomic mass is 10.1. The molecule has 0 radical (unpaired) electrons. The standard InChI is InChI=1S/C6H13NO2.C2H6/c1-4(2)3-5(7)6(8)9;1-2/h4-5H,3,7H2,1-2H3,(H,8,9);1-2H3. The van der Waals surface area contributed by atoms with Crippen LogP contribution in [-0.4, -0.2) is 17.1 Å². The third-order valence-electron chi connectivity index (χ3n) is 1.04. The van der Waals surface area contributed by atoms with Gasteiger partial charge >= 0.3 is 5.97 Å². The average Bonchev–Trinajstić information content (AvgIpc) is 1.90. The molecule has 0 bridgehead atoms. The second-order valence-electron chi connectivity index (χ2n) is 2.57. The van der Waals surface area contributed by atoms with Gasteiger partial charge in [0.25, 0.3) is 0 Å². The number of aliphatic carboxylic acids is 1. The highest BCUT2D eigenvalue weighted by Gasteiger charge is 2.11. The maximum absolute atomic E-state index is 10.1. The van der Waals surface area contributed by atoms with Gasteiger partial charge in [0.2, 0.25) is 0 Å². The fourth-order valence-corrected chi connectivity index (χ4v) is 0.609. The fraction of sp³-hybridized carbons (Fsp3) is 0.875. The molecule has 0 heterocycles. The Kier molecular flexibility index (Phi) is 8.94. The monoisotopic (exact) mass is 161 g/mol. The topological polar surface area (TPSA) is 63.3 Å². The molecule has 0 aromatic heterocycles. The van der Waals surface area contributed by atoms with E-state index in [1.165, 1.54) is 0 Å². The third-order valence-corrected chi connectivity index (χ3v) is 1.04. The van der Waals surface area contributed by atoms with Gasteiger partial charge < -0.3 is 10.8 Å². The molecular weight excluding hydrogens is 142 g/mol. The van der Waals surface area contributed by atoms with E-state index in [2.05, 4.69) is 0 Å². The first-order valence-corrected chi connectivity index (χ1v) is 4.02. The summed E-state index contributed by atoms with van der Waals surface area (Å²) in [6.45, 7) is 7.89. The number of nitrogens with two attached hydrogens (primary N) is 1. The van der Waals surface area contributed by atoms with E-state index < -0.39 is 12.0 Å². The summed E-state index contributed by atoms with van der Waals surface area (Å²) in [6.07, 6.45) is 0.551. The normalized spacial score (nSPS) is 11.8. The van der Waals surface area contributed by atoms with Crippen LogP contribution in [0.4, 0.5) is 0 Å². The molecule has 0 amide bonds. The Hall–Kier alpha value is -0.570. The summed E-state index contributed by atoms with van der Waals surface area (Å²) in [4.78, 5) is 10.1. The lowest BCUT2D eigenvalue weighted by Gasteiger charge is -2.07. The van der Waals surface area contributed by atoms with Crippen molar-refractivity contribution in [3.8, 4) is 0 Å². The van der Waals surface area contributed by atoms with Crippen molar-refractivity contribution in [2.24, 2.45) is 11.7 Å². The number of hydrogen-bond acceptors (Lipinski definition) is 2. The van der Waals surface area contributed by atoms with Gasteiger partial charge in [-0.2, -0.15) is 0 Å². The molecule has 0 aromatic carbocycles. The summed E-state index contributed by atoms with van der Waals surface area (Å²) in [5, 5.41) is 8.31.